The highest BCUT2D eigenvalue weighted by Gasteiger charge is 2.15. The van der Waals surface area contributed by atoms with Gasteiger partial charge in [0.05, 0.1) is 18.4 Å². The molecule has 0 radical (unpaired) electrons. The first-order chi connectivity index (χ1) is 8.13. The molecule has 1 heterocycles. The molecule has 0 fully saturated rings. The number of hydrogen-bond donors (Lipinski definition) is 1. The van der Waals surface area contributed by atoms with E-state index in [1.54, 1.807) is 36.1 Å². The van der Waals surface area contributed by atoms with Gasteiger partial charge in [0.25, 0.3) is 0 Å². The molecule has 17 heavy (non-hydrogen) atoms. The van der Waals surface area contributed by atoms with Crippen LogP contribution >= 0.6 is 0 Å². The maximum atomic E-state index is 11.2. The van der Waals surface area contributed by atoms with Gasteiger partial charge in [-0.05, 0) is 24.3 Å². The van der Waals surface area contributed by atoms with Gasteiger partial charge in [-0.1, -0.05) is 0 Å². The van der Waals surface area contributed by atoms with Crippen LogP contribution in [0, 0.1) is 0 Å². The van der Waals surface area contributed by atoms with Gasteiger partial charge in [0.1, 0.15) is 5.75 Å². The zero-order valence-corrected chi connectivity index (χ0v) is 9.54. The van der Waals surface area contributed by atoms with Crippen molar-refractivity contribution >= 4 is 5.97 Å². The number of carboxylic acids is 1. The quantitative estimate of drug-likeness (QED) is 0.876. The van der Waals surface area contributed by atoms with Gasteiger partial charge >= 0.3 is 5.97 Å². The first kappa shape index (κ1) is 11.2. The second-order valence-corrected chi connectivity index (χ2v) is 3.56. The zero-order valence-electron chi connectivity index (χ0n) is 9.54. The molecule has 0 amide bonds. The molecule has 0 bridgehead atoms. The van der Waals surface area contributed by atoms with Crippen molar-refractivity contribution in [2.24, 2.45) is 7.05 Å². The van der Waals surface area contributed by atoms with E-state index in [1.807, 2.05) is 0 Å². The normalized spacial score (nSPS) is 10.2. The van der Waals surface area contributed by atoms with E-state index in [2.05, 4.69) is 5.10 Å². The first-order valence-corrected chi connectivity index (χ1v) is 5.03. The number of hydrogen-bond acceptors (Lipinski definition) is 3. The summed E-state index contributed by atoms with van der Waals surface area (Å²) in [5.74, 6) is -0.464. The summed E-state index contributed by atoms with van der Waals surface area (Å²) >= 11 is 0. The molecular weight excluding hydrogens is 220 g/mol. The predicted molar refractivity (Wildman–Crippen MR) is 62.2 cm³/mol. The molecule has 1 N–H and O–H groups in total. The minimum Gasteiger partial charge on any atom is -0.497 e. The van der Waals surface area contributed by atoms with Crippen LogP contribution in [-0.4, -0.2) is 28.0 Å². The van der Waals surface area contributed by atoms with Gasteiger partial charge < -0.3 is 9.84 Å². The number of aromatic carboxylic acids is 1. The van der Waals surface area contributed by atoms with Gasteiger partial charge in [-0.15, -0.1) is 0 Å². The molecule has 5 heteroatoms. The van der Waals surface area contributed by atoms with Crippen LogP contribution in [0.25, 0.3) is 11.3 Å². The molecule has 2 aromatic rings. The van der Waals surface area contributed by atoms with Gasteiger partial charge in [-0.25, -0.2) is 4.79 Å². The summed E-state index contributed by atoms with van der Waals surface area (Å²) in [6, 6.07) is 6.73. The monoisotopic (exact) mass is 232 g/mol. The number of ether oxygens (including phenoxy) is 1. The molecule has 88 valence electrons. The molecule has 0 spiro atoms. The Labute approximate surface area is 98.3 Å². The van der Waals surface area contributed by atoms with Crippen molar-refractivity contribution in [2.75, 3.05) is 7.11 Å². The SMILES string of the molecule is COc1ccc(-c2ccnn2C)c(C(=O)O)c1. The zero-order chi connectivity index (χ0) is 12.4. The van der Waals surface area contributed by atoms with E-state index in [0.717, 1.165) is 5.69 Å². The third kappa shape index (κ3) is 1.99. The van der Waals surface area contributed by atoms with Crippen molar-refractivity contribution in [3.8, 4) is 17.0 Å². The van der Waals surface area contributed by atoms with E-state index in [9.17, 15) is 9.90 Å². The van der Waals surface area contributed by atoms with Gasteiger partial charge in [-0.2, -0.15) is 5.10 Å². The Balaban J connectivity index is 2.62. The fourth-order valence-electron chi connectivity index (χ4n) is 1.69. The fourth-order valence-corrected chi connectivity index (χ4v) is 1.69. The molecule has 0 saturated heterocycles. The van der Waals surface area contributed by atoms with E-state index >= 15 is 0 Å². The van der Waals surface area contributed by atoms with Crippen LogP contribution in [0.1, 0.15) is 10.4 Å². The molecule has 1 aromatic heterocycles. The highest BCUT2D eigenvalue weighted by molar-refractivity contribution is 5.96. The van der Waals surface area contributed by atoms with Crippen LogP contribution in [0.4, 0.5) is 0 Å². The summed E-state index contributed by atoms with van der Waals surface area (Å²) in [5.41, 5.74) is 1.58. The average molecular weight is 232 g/mol. The van der Waals surface area contributed by atoms with Crippen LogP contribution in [-0.2, 0) is 7.05 Å². The Kier molecular flexibility index (Phi) is 2.82. The third-order valence-corrected chi connectivity index (χ3v) is 2.55. The van der Waals surface area contributed by atoms with Crippen molar-refractivity contribution in [2.45, 2.75) is 0 Å². The Morgan fingerprint density at radius 3 is 2.71 bits per heavy atom. The molecule has 0 aliphatic rings. The van der Waals surface area contributed by atoms with Crippen molar-refractivity contribution < 1.29 is 14.6 Å². The van der Waals surface area contributed by atoms with Gasteiger partial charge in [0.2, 0.25) is 0 Å². The van der Waals surface area contributed by atoms with E-state index in [0.29, 0.717) is 11.3 Å². The third-order valence-electron chi connectivity index (χ3n) is 2.55. The molecule has 0 aliphatic carbocycles. The van der Waals surface area contributed by atoms with Crippen molar-refractivity contribution in [3.63, 3.8) is 0 Å². The van der Waals surface area contributed by atoms with Crippen LogP contribution in [0.5, 0.6) is 5.75 Å². The van der Waals surface area contributed by atoms with Crippen LogP contribution < -0.4 is 4.74 Å². The largest absolute Gasteiger partial charge is 0.497 e. The number of benzene rings is 1. The maximum Gasteiger partial charge on any atom is 0.336 e. The Morgan fingerprint density at radius 2 is 2.18 bits per heavy atom. The summed E-state index contributed by atoms with van der Waals surface area (Å²) in [6.07, 6.45) is 1.63. The molecule has 2 rings (SSSR count). The van der Waals surface area contributed by atoms with Crippen molar-refractivity contribution in [1.82, 2.24) is 9.78 Å². The number of aromatic nitrogens is 2. The van der Waals surface area contributed by atoms with Gasteiger partial charge in [0, 0.05) is 18.8 Å². The summed E-state index contributed by atoms with van der Waals surface area (Å²) < 4.78 is 6.66. The molecule has 0 unspecified atom stereocenters. The Bertz CT molecular complexity index is 561. The summed E-state index contributed by atoms with van der Waals surface area (Å²) in [5, 5.41) is 13.2. The minimum absolute atomic E-state index is 0.202. The van der Waals surface area contributed by atoms with Gasteiger partial charge in [0.15, 0.2) is 0 Å². The lowest BCUT2D eigenvalue weighted by atomic mass is 10.0. The highest BCUT2D eigenvalue weighted by atomic mass is 16.5. The maximum absolute atomic E-state index is 11.2. The number of rotatable bonds is 3. The lowest BCUT2D eigenvalue weighted by Crippen LogP contribution is -2.03. The van der Waals surface area contributed by atoms with Crippen LogP contribution in [0.3, 0.4) is 0 Å². The molecule has 0 atom stereocenters. The summed E-state index contributed by atoms with van der Waals surface area (Å²) in [7, 11) is 3.27. The Morgan fingerprint density at radius 1 is 1.41 bits per heavy atom. The van der Waals surface area contributed by atoms with Crippen LogP contribution in [0.2, 0.25) is 0 Å². The lowest BCUT2D eigenvalue weighted by Gasteiger charge is -2.08. The number of nitrogens with zero attached hydrogens (tertiary/aromatic N) is 2. The average Bonchev–Trinajstić information content (AvgIpc) is 2.74. The summed E-state index contributed by atoms with van der Waals surface area (Å²) in [4.78, 5) is 11.2. The summed E-state index contributed by atoms with van der Waals surface area (Å²) in [6.45, 7) is 0. The number of methoxy groups -OCH3 is 1. The second-order valence-electron chi connectivity index (χ2n) is 3.56. The number of carbonyl (C=O) groups is 1. The fraction of sp³-hybridized carbons (Fsp3) is 0.167. The highest BCUT2D eigenvalue weighted by Crippen LogP contribution is 2.26. The molecule has 1 aromatic carbocycles. The van der Waals surface area contributed by atoms with Crippen molar-refractivity contribution in [1.29, 1.82) is 0 Å². The topological polar surface area (TPSA) is 64.4 Å². The van der Waals surface area contributed by atoms with E-state index in [1.165, 1.54) is 13.2 Å². The second kappa shape index (κ2) is 4.29. The smallest absolute Gasteiger partial charge is 0.336 e. The minimum atomic E-state index is -0.986. The molecule has 5 nitrogen and oxygen atoms in total. The molecular formula is C12H12N2O3. The first-order valence-electron chi connectivity index (χ1n) is 5.03. The molecule has 0 aliphatic heterocycles. The Hall–Kier alpha value is -2.30. The lowest BCUT2D eigenvalue weighted by molar-refractivity contribution is 0.0697. The van der Waals surface area contributed by atoms with Crippen LogP contribution in [0.15, 0.2) is 30.5 Å². The molecule has 0 saturated carbocycles. The van der Waals surface area contributed by atoms with Gasteiger partial charge in [-0.3, -0.25) is 4.68 Å². The van der Waals surface area contributed by atoms with E-state index < -0.39 is 5.97 Å². The number of carboxylic acid groups (broad SMARTS) is 1. The number of aryl methyl sites for hydroxylation is 1. The standard InChI is InChI=1S/C12H12N2O3/c1-14-11(5-6-13-14)9-4-3-8(17-2)7-10(9)12(15)16/h3-7H,1-2H3,(H,15,16). The van der Waals surface area contributed by atoms with E-state index in [-0.39, 0.29) is 5.56 Å². The van der Waals surface area contributed by atoms with Crippen molar-refractivity contribution in [3.05, 3.63) is 36.0 Å². The predicted octanol–water partition coefficient (Wildman–Crippen LogP) is 1.79. The van der Waals surface area contributed by atoms with E-state index in [4.69, 9.17) is 4.74 Å².